The Morgan fingerprint density at radius 2 is 2.04 bits per heavy atom. The standard InChI is InChI=1S/C19H19N3O2S/c1-12-6-7-13(2)17(9-12)21-18(23)16-5-4-8-20-19(16)25-11-15-10-14(3)24-22-15/h4-10H,11H2,1-3H3,(H,21,23). The van der Waals surface area contributed by atoms with Crippen LogP contribution >= 0.6 is 11.8 Å². The van der Waals surface area contributed by atoms with E-state index in [-0.39, 0.29) is 5.91 Å². The largest absolute Gasteiger partial charge is 0.361 e. The molecule has 5 nitrogen and oxygen atoms in total. The van der Waals surface area contributed by atoms with Crippen molar-refractivity contribution in [2.75, 3.05) is 5.32 Å². The van der Waals surface area contributed by atoms with Crippen LogP contribution in [0.2, 0.25) is 0 Å². The lowest BCUT2D eigenvalue weighted by atomic mass is 10.1. The molecule has 1 aromatic carbocycles. The molecule has 1 N–H and O–H groups in total. The average molecular weight is 353 g/mol. The summed E-state index contributed by atoms with van der Waals surface area (Å²) in [4.78, 5) is 17.1. The molecular weight excluding hydrogens is 334 g/mol. The van der Waals surface area contributed by atoms with Gasteiger partial charge in [-0.1, -0.05) is 29.1 Å². The van der Waals surface area contributed by atoms with E-state index in [2.05, 4.69) is 15.5 Å². The lowest BCUT2D eigenvalue weighted by molar-refractivity contribution is 0.102. The first-order valence-corrected chi connectivity index (χ1v) is 8.90. The second-order valence-electron chi connectivity index (χ2n) is 5.85. The van der Waals surface area contributed by atoms with Crippen LogP contribution in [0.15, 0.2) is 52.1 Å². The van der Waals surface area contributed by atoms with Crippen molar-refractivity contribution in [2.24, 2.45) is 0 Å². The van der Waals surface area contributed by atoms with E-state index in [9.17, 15) is 4.79 Å². The van der Waals surface area contributed by atoms with E-state index in [0.717, 1.165) is 28.3 Å². The second-order valence-corrected chi connectivity index (χ2v) is 6.81. The predicted molar refractivity (Wildman–Crippen MR) is 98.9 cm³/mol. The van der Waals surface area contributed by atoms with Gasteiger partial charge in [-0.15, -0.1) is 0 Å². The van der Waals surface area contributed by atoms with Crippen LogP contribution in [0.1, 0.15) is 32.9 Å². The molecule has 0 unspecified atom stereocenters. The Hall–Kier alpha value is -2.60. The molecule has 0 fully saturated rings. The number of benzene rings is 1. The van der Waals surface area contributed by atoms with Crippen LogP contribution in [0.4, 0.5) is 5.69 Å². The minimum atomic E-state index is -0.166. The van der Waals surface area contributed by atoms with Crippen LogP contribution in [0.3, 0.4) is 0 Å². The number of carbonyl (C=O) groups excluding carboxylic acids is 1. The van der Waals surface area contributed by atoms with Gasteiger partial charge in [-0.25, -0.2) is 4.98 Å². The fraction of sp³-hybridized carbons (Fsp3) is 0.211. The molecule has 2 heterocycles. The van der Waals surface area contributed by atoms with Gasteiger partial charge in [0.15, 0.2) is 0 Å². The number of hydrogen-bond acceptors (Lipinski definition) is 5. The molecule has 0 radical (unpaired) electrons. The van der Waals surface area contributed by atoms with Gasteiger partial charge in [0.05, 0.1) is 11.3 Å². The van der Waals surface area contributed by atoms with Crippen LogP contribution in [-0.4, -0.2) is 16.0 Å². The summed E-state index contributed by atoms with van der Waals surface area (Å²) in [6.07, 6.45) is 1.69. The zero-order chi connectivity index (χ0) is 17.8. The molecule has 0 saturated heterocycles. The molecule has 128 valence electrons. The lowest BCUT2D eigenvalue weighted by Crippen LogP contribution is -2.14. The van der Waals surface area contributed by atoms with Crippen molar-refractivity contribution in [1.82, 2.24) is 10.1 Å². The number of anilines is 1. The van der Waals surface area contributed by atoms with E-state index < -0.39 is 0 Å². The molecule has 3 aromatic rings. The Labute approximate surface area is 150 Å². The number of thioether (sulfide) groups is 1. The third-order valence-corrected chi connectivity index (χ3v) is 4.73. The normalized spacial score (nSPS) is 10.7. The van der Waals surface area contributed by atoms with Crippen LogP contribution in [0.5, 0.6) is 0 Å². The number of hydrogen-bond donors (Lipinski definition) is 1. The maximum absolute atomic E-state index is 12.7. The molecular formula is C19H19N3O2S. The molecule has 0 bridgehead atoms. The summed E-state index contributed by atoms with van der Waals surface area (Å²) in [5.41, 5.74) is 4.32. The third-order valence-electron chi connectivity index (χ3n) is 3.69. The van der Waals surface area contributed by atoms with Gasteiger partial charge >= 0.3 is 0 Å². The number of pyridine rings is 1. The molecule has 0 atom stereocenters. The molecule has 25 heavy (non-hydrogen) atoms. The summed E-state index contributed by atoms with van der Waals surface area (Å²) in [6, 6.07) is 11.4. The maximum atomic E-state index is 12.7. The number of aromatic nitrogens is 2. The Morgan fingerprint density at radius 3 is 2.80 bits per heavy atom. The maximum Gasteiger partial charge on any atom is 0.258 e. The topological polar surface area (TPSA) is 68.0 Å². The molecule has 6 heteroatoms. The van der Waals surface area contributed by atoms with Crippen molar-refractivity contribution in [1.29, 1.82) is 0 Å². The molecule has 0 aliphatic heterocycles. The molecule has 1 amide bonds. The average Bonchev–Trinajstić information content (AvgIpc) is 3.02. The molecule has 0 aliphatic rings. The fourth-order valence-electron chi connectivity index (χ4n) is 2.37. The fourth-order valence-corrected chi connectivity index (χ4v) is 3.24. The Morgan fingerprint density at radius 1 is 1.20 bits per heavy atom. The zero-order valence-corrected chi connectivity index (χ0v) is 15.2. The van der Waals surface area contributed by atoms with E-state index in [1.165, 1.54) is 11.8 Å². The number of carbonyl (C=O) groups is 1. The van der Waals surface area contributed by atoms with Crippen molar-refractivity contribution < 1.29 is 9.32 Å². The smallest absolute Gasteiger partial charge is 0.258 e. The minimum Gasteiger partial charge on any atom is -0.361 e. The van der Waals surface area contributed by atoms with Crippen molar-refractivity contribution in [3.05, 3.63) is 70.7 Å². The van der Waals surface area contributed by atoms with Crippen molar-refractivity contribution in [3.63, 3.8) is 0 Å². The summed E-state index contributed by atoms with van der Waals surface area (Å²) < 4.78 is 5.07. The van der Waals surface area contributed by atoms with Crippen molar-refractivity contribution >= 4 is 23.4 Å². The number of rotatable bonds is 5. The second kappa shape index (κ2) is 7.53. The highest BCUT2D eigenvalue weighted by molar-refractivity contribution is 7.98. The van der Waals surface area contributed by atoms with E-state index in [1.54, 1.807) is 18.3 Å². The van der Waals surface area contributed by atoms with Gasteiger partial charge in [-0.3, -0.25) is 4.79 Å². The van der Waals surface area contributed by atoms with Gasteiger partial charge in [0.25, 0.3) is 5.91 Å². The van der Waals surface area contributed by atoms with Crippen LogP contribution in [-0.2, 0) is 5.75 Å². The SMILES string of the molecule is Cc1ccc(C)c(NC(=O)c2cccnc2SCc2cc(C)on2)c1. The number of aryl methyl sites for hydroxylation is 3. The first-order valence-electron chi connectivity index (χ1n) is 7.91. The van der Waals surface area contributed by atoms with Crippen LogP contribution in [0, 0.1) is 20.8 Å². The van der Waals surface area contributed by atoms with Crippen molar-refractivity contribution in [3.8, 4) is 0 Å². The highest BCUT2D eigenvalue weighted by Gasteiger charge is 2.15. The van der Waals surface area contributed by atoms with Crippen LogP contribution in [0.25, 0.3) is 0 Å². The number of nitrogens with zero attached hydrogens (tertiary/aromatic N) is 2. The Kier molecular flexibility index (Phi) is 5.19. The Balaban J connectivity index is 1.77. The highest BCUT2D eigenvalue weighted by Crippen LogP contribution is 2.25. The zero-order valence-electron chi connectivity index (χ0n) is 14.4. The summed E-state index contributed by atoms with van der Waals surface area (Å²) in [6.45, 7) is 5.83. The lowest BCUT2D eigenvalue weighted by Gasteiger charge is -2.11. The number of nitrogens with one attached hydrogen (secondary N) is 1. The highest BCUT2D eigenvalue weighted by atomic mass is 32.2. The van der Waals surface area contributed by atoms with Crippen molar-refractivity contribution in [2.45, 2.75) is 31.6 Å². The number of amides is 1. The third kappa shape index (κ3) is 4.28. The van der Waals surface area contributed by atoms with E-state index in [4.69, 9.17) is 4.52 Å². The summed E-state index contributed by atoms with van der Waals surface area (Å²) in [5.74, 6) is 1.20. The van der Waals surface area contributed by atoms with E-state index in [0.29, 0.717) is 16.3 Å². The predicted octanol–water partition coefficient (Wildman–Crippen LogP) is 4.54. The quantitative estimate of drug-likeness (QED) is 0.682. The van der Waals surface area contributed by atoms with Gasteiger partial charge in [-0.05, 0) is 50.1 Å². The van der Waals surface area contributed by atoms with Gasteiger partial charge in [0.2, 0.25) is 0 Å². The summed E-state index contributed by atoms with van der Waals surface area (Å²) in [5, 5.41) is 7.63. The Bertz CT molecular complexity index is 905. The minimum absolute atomic E-state index is 0.166. The molecule has 3 rings (SSSR count). The first kappa shape index (κ1) is 17.2. The van der Waals surface area contributed by atoms with E-state index in [1.807, 2.05) is 45.0 Å². The van der Waals surface area contributed by atoms with Gasteiger partial charge < -0.3 is 9.84 Å². The summed E-state index contributed by atoms with van der Waals surface area (Å²) in [7, 11) is 0. The molecule has 0 spiro atoms. The van der Waals surface area contributed by atoms with Gasteiger partial charge in [-0.2, -0.15) is 0 Å². The first-order chi connectivity index (χ1) is 12.0. The van der Waals surface area contributed by atoms with Gasteiger partial charge in [0, 0.05) is 23.7 Å². The molecule has 0 aliphatic carbocycles. The monoisotopic (exact) mass is 353 g/mol. The van der Waals surface area contributed by atoms with E-state index >= 15 is 0 Å². The van der Waals surface area contributed by atoms with Gasteiger partial charge in [0.1, 0.15) is 10.8 Å². The van der Waals surface area contributed by atoms with Crippen LogP contribution < -0.4 is 5.32 Å². The molecule has 2 aromatic heterocycles. The molecule has 0 saturated carbocycles. The summed E-state index contributed by atoms with van der Waals surface area (Å²) >= 11 is 1.47.